The van der Waals surface area contributed by atoms with Gasteiger partial charge in [-0.25, -0.2) is 13.2 Å². The third-order valence-corrected chi connectivity index (χ3v) is 7.81. The van der Waals surface area contributed by atoms with E-state index in [1.165, 1.54) is 35.7 Å². The first kappa shape index (κ1) is 24.5. The van der Waals surface area contributed by atoms with Crippen molar-refractivity contribution in [1.29, 1.82) is 0 Å². The highest BCUT2D eigenvalue weighted by atomic mass is 32.2. The van der Waals surface area contributed by atoms with Crippen molar-refractivity contribution in [2.45, 2.75) is 18.0 Å². The number of ether oxygens (including phenoxy) is 3. The van der Waals surface area contributed by atoms with Crippen LogP contribution in [0.5, 0.6) is 11.5 Å². The summed E-state index contributed by atoms with van der Waals surface area (Å²) < 4.78 is 44.8. The van der Waals surface area contributed by atoms with Gasteiger partial charge in [-0.2, -0.15) is 4.31 Å². The van der Waals surface area contributed by atoms with Crippen LogP contribution in [0.3, 0.4) is 0 Å². The molecule has 0 atom stereocenters. The lowest BCUT2D eigenvalue weighted by atomic mass is 10.1. The van der Waals surface area contributed by atoms with Crippen molar-refractivity contribution in [2.24, 2.45) is 0 Å². The van der Waals surface area contributed by atoms with Crippen LogP contribution in [0.2, 0.25) is 0 Å². The summed E-state index contributed by atoms with van der Waals surface area (Å²) in [6.45, 7) is 0.663. The second kappa shape index (κ2) is 10.1. The van der Waals surface area contributed by atoms with Gasteiger partial charge >= 0.3 is 5.97 Å². The molecule has 0 saturated heterocycles. The maximum Gasteiger partial charge on any atom is 0.337 e. The van der Waals surface area contributed by atoms with E-state index in [-0.39, 0.29) is 29.1 Å². The Morgan fingerprint density at radius 2 is 1.68 bits per heavy atom. The summed E-state index contributed by atoms with van der Waals surface area (Å²) in [5, 5.41) is 0.684. The van der Waals surface area contributed by atoms with Crippen molar-refractivity contribution < 1.29 is 27.4 Å². The summed E-state index contributed by atoms with van der Waals surface area (Å²) in [6, 6.07) is 19.8. The standard InChI is InChI=1S/C27H24N2O7S/c1-34-27(31)19-8-5-9-22(13-19)37(32,33)29(16-18-6-3-2-4-7-18)17-21-12-20-14-24-25(36-11-10-35-24)15-23(20)28-26(21)30/h2-9,12-15H,10-11,16-17H2,1H3,(H,28,30). The molecule has 0 amide bonds. The fraction of sp³-hybridized carbons (Fsp3) is 0.185. The van der Waals surface area contributed by atoms with Gasteiger partial charge in [0, 0.05) is 30.1 Å². The molecule has 0 unspecified atom stereocenters. The number of benzene rings is 3. The largest absolute Gasteiger partial charge is 0.486 e. The summed E-state index contributed by atoms with van der Waals surface area (Å²) in [4.78, 5) is 27.8. The Morgan fingerprint density at radius 1 is 0.946 bits per heavy atom. The van der Waals surface area contributed by atoms with Gasteiger partial charge in [0.2, 0.25) is 10.0 Å². The molecule has 190 valence electrons. The minimum Gasteiger partial charge on any atom is -0.486 e. The first-order valence-electron chi connectivity index (χ1n) is 11.5. The van der Waals surface area contributed by atoms with Crippen LogP contribution in [-0.4, -0.2) is 44.0 Å². The zero-order valence-corrected chi connectivity index (χ0v) is 20.8. The quantitative estimate of drug-likeness (QED) is 0.371. The number of rotatable bonds is 7. The van der Waals surface area contributed by atoms with E-state index in [2.05, 4.69) is 4.98 Å². The number of sulfonamides is 1. The number of nitrogens with zero attached hydrogens (tertiary/aromatic N) is 1. The Morgan fingerprint density at radius 3 is 2.41 bits per heavy atom. The van der Waals surface area contributed by atoms with E-state index in [1.807, 2.05) is 30.3 Å². The minimum atomic E-state index is -4.12. The molecule has 0 saturated carbocycles. The lowest BCUT2D eigenvalue weighted by Gasteiger charge is -2.23. The highest BCUT2D eigenvalue weighted by Gasteiger charge is 2.27. The van der Waals surface area contributed by atoms with Gasteiger partial charge in [-0.05, 0) is 35.9 Å². The van der Waals surface area contributed by atoms with E-state index in [0.29, 0.717) is 35.6 Å². The number of hydrogen-bond donors (Lipinski definition) is 1. The maximum atomic E-state index is 13.8. The molecule has 37 heavy (non-hydrogen) atoms. The van der Waals surface area contributed by atoms with Crippen LogP contribution in [0.25, 0.3) is 10.9 Å². The van der Waals surface area contributed by atoms with E-state index in [9.17, 15) is 18.0 Å². The van der Waals surface area contributed by atoms with Gasteiger partial charge in [-0.15, -0.1) is 0 Å². The molecular formula is C27H24N2O7S. The predicted molar refractivity (Wildman–Crippen MR) is 136 cm³/mol. The zero-order chi connectivity index (χ0) is 26.0. The van der Waals surface area contributed by atoms with Crippen LogP contribution in [-0.2, 0) is 27.8 Å². The Labute approximate surface area is 213 Å². The van der Waals surface area contributed by atoms with Gasteiger partial charge in [-0.1, -0.05) is 36.4 Å². The van der Waals surface area contributed by atoms with Gasteiger partial charge in [0.15, 0.2) is 11.5 Å². The molecule has 0 fully saturated rings. The normalized spacial score (nSPS) is 13.0. The molecular weight excluding hydrogens is 496 g/mol. The van der Waals surface area contributed by atoms with Gasteiger partial charge in [0.1, 0.15) is 13.2 Å². The minimum absolute atomic E-state index is 0.0181. The third kappa shape index (κ3) is 5.07. The Balaban J connectivity index is 1.56. The lowest BCUT2D eigenvalue weighted by Crippen LogP contribution is -2.32. The highest BCUT2D eigenvalue weighted by molar-refractivity contribution is 7.89. The van der Waals surface area contributed by atoms with Crippen LogP contribution in [0.15, 0.2) is 82.5 Å². The van der Waals surface area contributed by atoms with E-state index < -0.39 is 21.6 Å². The Bertz CT molecular complexity index is 1630. The number of methoxy groups -OCH3 is 1. The third-order valence-electron chi connectivity index (χ3n) is 6.03. The fourth-order valence-corrected chi connectivity index (χ4v) is 5.61. The van der Waals surface area contributed by atoms with E-state index in [1.54, 1.807) is 18.2 Å². The molecule has 3 aromatic carbocycles. The van der Waals surface area contributed by atoms with Crippen LogP contribution >= 0.6 is 0 Å². The molecule has 0 aliphatic carbocycles. The summed E-state index contributed by atoms with van der Waals surface area (Å²) >= 11 is 0. The lowest BCUT2D eigenvalue weighted by molar-refractivity contribution is 0.0600. The predicted octanol–water partition coefficient (Wildman–Crippen LogP) is 3.48. The molecule has 0 radical (unpaired) electrons. The highest BCUT2D eigenvalue weighted by Crippen LogP contribution is 2.34. The van der Waals surface area contributed by atoms with Gasteiger partial charge in [0.25, 0.3) is 5.56 Å². The number of hydrogen-bond acceptors (Lipinski definition) is 7. The number of H-pyrrole nitrogens is 1. The summed E-state index contributed by atoms with van der Waals surface area (Å²) in [7, 11) is -2.89. The summed E-state index contributed by atoms with van der Waals surface area (Å²) in [5.74, 6) is 0.457. The van der Waals surface area contributed by atoms with Crippen molar-refractivity contribution in [2.75, 3.05) is 20.3 Å². The molecule has 4 aromatic rings. The summed E-state index contributed by atoms with van der Waals surface area (Å²) in [6.07, 6.45) is 0. The molecule has 0 spiro atoms. The molecule has 1 aromatic heterocycles. The van der Waals surface area contributed by atoms with Gasteiger partial charge in [-0.3, -0.25) is 4.79 Å². The number of aromatic nitrogens is 1. The average molecular weight is 521 g/mol. The maximum absolute atomic E-state index is 13.8. The molecule has 5 rings (SSSR count). The van der Waals surface area contributed by atoms with Gasteiger partial charge in [0.05, 0.1) is 23.1 Å². The zero-order valence-electron chi connectivity index (χ0n) is 20.0. The molecule has 1 N–H and O–H groups in total. The number of carbonyl (C=O) groups is 1. The average Bonchev–Trinajstić information content (AvgIpc) is 2.92. The Kier molecular flexibility index (Phi) is 6.68. The van der Waals surface area contributed by atoms with Gasteiger partial charge < -0.3 is 19.2 Å². The fourth-order valence-electron chi connectivity index (χ4n) is 4.16. The van der Waals surface area contributed by atoms with Crippen molar-refractivity contribution >= 4 is 26.9 Å². The molecule has 1 aliphatic heterocycles. The number of fused-ring (bicyclic) bond motifs is 2. The van der Waals surface area contributed by atoms with Crippen molar-refractivity contribution in [3.05, 3.63) is 99.8 Å². The molecule has 2 heterocycles. The van der Waals surface area contributed by atoms with Crippen LogP contribution in [0, 0.1) is 0 Å². The molecule has 1 aliphatic rings. The monoisotopic (exact) mass is 520 g/mol. The van der Waals surface area contributed by atoms with E-state index in [0.717, 1.165) is 5.56 Å². The summed E-state index contributed by atoms with van der Waals surface area (Å²) in [5.41, 5.74) is 1.25. The van der Waals surface area contributed by atoms with Crippen LogP contribution in [0.4, 0.5) is 0 Å². The molecule has 10 heteroatoms. The van der Waals surface area contributed by atoms with Crippen molar-refractivity contribution in [3.63, 3.8) is 0 Å². The van der Waals surface area contributed by atoms with Crippen LogP contribution < -0.4 is 15.0 Å². The smallest absolute Gasteiger partial charge is 0.337 e. The second-order valence-corrected chi connectivity index (χ2v) is 10.4. The van der Waals surface area contributed by atoms with E-state index in [4.69, 9.17) is 14.2 Å². The number of esters is 1. The first-order valence-corrected chi connectivity index (χ1v) is 13.0. The number of carbonyl (C=O) groups excluding carboxylic acids is 1. The SMILES string of the molecule is COC(=O)c1cccc(S(=O)(=O)N(Cc2ccccc2)Cc2cc3cc4c(cc3[nH]c2=O)OCCO4)c1. The van der Waals surface area contributed by atoms with E-state index >= 15 is 0 Å². The molecule has 9 nitrogen and oxygen atoms in total. The Hall–Kier alpha value is -4.15. The first-order chi connectivity index (χ1) is 17.8. The number of nitrogens with one attached hydrogen (secondary N) is 1. The topological polar surface area (TPSA) is 115 Å². The van der Waals surface area contributed by atoms with Crippen LogP contribution in [0.1, 0.15) is 21.5 Å². The molecule has 0 bridgehead atoms. The number of aromatic amines is 1. The van der Waals surface area contributed by atoms with Crippen molar-refractivity contribution in [3.8, 4) is 11.5 Å². The second-order valence-electron chi connectivity index (χ2n) is 8.48. The van der Waals surface area contributed by atoms with Crippen molar-refractivity contribution in [1.82, 2.24) is 9.29 Å². The number of pyridine rings is 1.